The monoisotopic (exact) mass is 468 g/mol. The normalized spacial score (nSPS) is 11.5. The molecule has 4 N–H and O–H groups in total. The lowest BCUT2D eigenvalue weighted by Crippen LogP contribution is -2.33. The lowest BCUT2D eigenvalue weighted by atomic mass is 10.2. The fourth-order valence-corrected chi connectivity index (χ4v) is 2.47. The molecule has 0 aliphatic rings. The highest BCUT2D eigenvalue weighted by Crippen LogP contribution is 2.08. The molecular weight excluding hydrogens is 439 g/mol. The van der Waals surface area contributed by atoms with Gasteiger partial charge in [-0.15, -0.1) is 35.3 Å². The first kappa shape index (κ1) is 23.0. The van der Waals surface area contributed by atoms with Gasteiger partial charge in [-0.1, -0.05) is 6.07 Å². The molecule has 1 amide bonds. The summed E-state index contributed by atoms with van der Waals surface area (Å²) in [5, 5.41) is 7.89. The second kappa shape index (κ2) is 12.3. The Balaban J connectivity index is 0.00000529. The average Bonchev–Trinajstić information content (AvgIpc) is 2.94. The first-order chi connectivity index (χ1) is 10.9. The summed E-state index contributed by atoms with van der Waals surface area (Å²) in [7, 11) is 0. The van der Waals surface area contributed by atoms with Crippen molar-refractivity contribution in [1.29, 1.82) is 0 Å². The molecule has 1 heterocycles. The van der Waals surface area contributed by atoms with Gasteiger partial charge in [0.25, 0.3) is 0 Å². The van der Waals surface area contributed by atoms with E-state index in [1.807, 2.05) is 26.8 Å². The van der Waals surface area contributed by atoms with Gasteiger partial charge in [0.1, 0.15) is 5.60 Å². The molecule has 138 valence electrons. The van der Waals surface area contributed by atoms with Crippen LogP contribution in [0, 0.1) is 0 Å². The van der Waals surface area contributed by atoms with E-state index in [1.54, 1.807) is 11.3 Å². The summed E-state index contributed by atoms with van der Waals surface area (Å²) in [6, 6.07) is 4.15. The van der Waals surface area contributed by atoms with Crippen LogP contribution in [0.4, 0.5) is 4.79 Å². The molecule has 0 saturated carbocycles. The minimum absolute atomic E-state index is 0. The molecule has 8 heteroatoms. The number of carbonyl (C=O) groups is 1. The molecule has 1 rings (SSSR count). The van der Waals surface area contributed by atoms with E-state index >= 15 is 0 Å². The average molecular weight is 468 g/mol. The van der Waals surface area contributed by atoms with Crippen molar-refractivity contribution < 1.29 is 9.53 Å². The molecular formula is C16H29IN4O2S. The zero-order valence-electron chi connectivity index (χ0n) is 14.6. The standard InChI is InChI=1S/C16H28N4O2S.HI/c1-16(2,3)22-15(21)20-10-5-4-9-18-14(17)19-11-8-13-7-6-12-23-13;/h6-7,12H,4-5,8-11H2,1-3H3,(H,20,21)(H3,17,18,19);1H. The van der Waals surface area contributed by atoms with Crippen LogP contribution < -0.4 is 16.4 Å². The van der Waals surface area contributed by atoms with Crippen LogP contribution in [0.1, 0.15) is 38.5 Å². The minimum atomic E-state index is -0.461. The van der Waals surface area contributed by atoms with E-state index in [9.17, 15) is 4.79 Å². The molecule has 6 nitrogen and oxygen atoms in total. The third kappa shape index (κ3) is 12.4. The Bertz CT molecular complexity index is 487. The number of rotatable bonds is 8. The number of nitrogens with zero attached hydrogens (tertiary/aromatic N) is 1. The number of aliphatic imine (C=N–C) groups is 1. The van der Waals surface area contributed by atoms with E-state index < -0.39 is 5.60 Å². The number of hydrogen-bond acceptors (Lipinski definition) is 4. The van der Waals surface area contributed by atoms with Crippen LogP contribution >= 0.6 is 35.3 Å². The maximum atomic E-state index is 11.4. The Labute approximate surface area is 165 Å². The maximum absolute atomic E-state index is 11.4. The van der Waals surface area contributed by atoms with E-state index in [2.05, 4.69) is 27.1 Å². The lowest BCUT2D eigenvalue weighted by molar-refractivity contribution is 0.0527. The van der Waals surface area contributed by atoms with Gasteiger partial charge >= 0.3 is 6.09 Å². The van der Waals surface area contributed by atoms with Crippen molar-refractivity contribution in [3.8, 4) is 0 Å². The fraction of sp³-hybridized carbons (Fsp3) is 0.625. The Kier molecular flexibility index (Phi) is 11.8. The number of hydrogen-bond donors (Lipinski definition) is 3. The summed E-state index contributed by atoms with van der Waals surface area (Å²) >= 11 is 1.74. The molecule has 0 aliphatic heterocycles. The minimum Gasteiger partial charge on any atom is -0.444 e. The molecule has 0 aromatic carbocycles. The summed E-state index contributed by atoms with van der Waals surface area (Å²) in [6.45, 7) is 7.54. The number of unbranched alkanes of at least 4 members (excludes halogenated alkanes) is 1. The van der Waals surface area contributed by atoms with Crippen molar-refractivity contribution in [1.82, 2.24) is 10.6 Å². The van der Waals surface area contributed by atoms with Gasteiger partial charge in [-0.2, -0.15) is 0 Å². The van der Waals surface area contributed by atoms with Crippen molar-refractivity contribution in [2.45, 2.75) is 45.6 Å². The Morgan fingerprint density at radius 2 is 2.04 bits per heavy atom. The predicted molar refractivity (Wildman–Crippen MR) is 111 cm³/mol. The lowest BCUT2D eigenvalue weighted by Gasteiger charge is -2.19. The molecule has 0 unspecified atom stereocenters. The van der Waals surface area contributed by atoms with E-state index in [0.717, 1.165) is 25.8 Å². The maximum Gasteiger partial charge on any atom is 0.407 e. The van der Waals surface area contributed by atoms with Crippen LogP contribution in [0.15, 0.2) is 22.5 Å². The van der Waals surface area contributed by atoms with Crippen molar-refractivity contribution in [3.05, 3.63) is 22.4 Å². The summed E-state index contributed by atoms with van der Waals surface area (Å²) in [6.07, 6.45) is 2.28. The van der Waals surface area contributed by atoms with Crippen molar-refractivity contribution >= 4 is 47.4 Å². The van der Waals surface area contributed by atoms with Crippen LogP contribution in [0.25, 0.3) is 0 Å². The molecule has 0 radical (unpaired) electrons. The molecule has 0 aliphatic carbocycles. The number of ether oxygens (including phenoxy) is 1. The fourth-order valence-electron chi connectivity index (χ4n) is 1.77. The highest BCUT2D eigenvalue weighted by Gasteiger charge is 2.15. The molecule has 0 saturated heterocycles. The first-order valence-electron chi connectivity index (χ1n) is 7.90. The van der Waals surface area contributed by atoms with Gasteiger partial charge in [-0.25, -0.2) is 4.79 Å². The van der Waals surface area contributed by atoms with Crippen LogP contribution in [-0.4, -0.2) is 37.3 Å². The van der Waals surface area contributed by atoms with E-state index in [-0.39, 0.29) is 30.1 Å². The Morgan fingerprint density at radius 1 is 1.29 bits per heavy atom. The van der Waals surface area contributed by atoms with Gasteiger partial charge < -0.3 is 21.1 Å². The number of nitrogens with two attached hydrogens (primary N) is 1. The molecule has 1 aromatic rings. The van der Waals surface area contributed by atoms with Crippen LogP contribution in [0.2, 0.25) is 0 Å². The number of amides is 1. The number of guanidine groups is 1. The highest BCUT2D eigenvalue weighted by molar-refractivity contribution is 14.0. The van der Waals surface area contributed by atoms with Gasteiger partial charge in [-0.05, 0) is 51.5 Å². The van der Waals surface area contributed by atoms with E-state index in [4.69, 9.17) is 10.5 Å². The zero-order chi connectivity index (χ0) is 17.1. The van der Waals surface area contributed by atoms with Gasteiger partial charge in [0.2, 0.25) is 0 Å². The van der Waals surface area contributed by atoms with Gasteiger partial charge in [0.05, 0.1) is 0 Å². The van der Waals surface area contributed by atoms with Gasteiger partial charge in [0, 0.05) is 24.5 Å². The van der Waals surface area contributed by atoms with Gasteiger partial charge in [-0.3, -0.25) is 4.99 Å². The third-order valence-corrected chi connectivity index (χ3v) is 3.73. The highest BCUT2D eigenvalue weighted by atomic mass is 127. The summed E-state index contributed by atoms with van der Waals surface area (Å²) in [5.74, 6) is 0.474. The Morgan fingerprint density at radius 3 is 2.67 bits per heavy atom. The van der Waals surface area contributed by atoms with E-state index in [1.165, 1.54) is 4.88 Å². The summed E-state index contributed by atoms with van der Waals surface area (Å²) in [5.41, 5.74) is 5.34. The third-order valence-electron chi connectivity index (χ3n) is 2.79. The van der Waals surface area contributed by atoms with Crippen molar-refractivity contribution in [2.24, 2.45) is 10.7 Å². The predicted octanol–water partition coefficient (Wildman–Crippen LogP) is 3.12. The van der Waals surface area contributed by atoms with Crippen LogP contribution in [0.3, 0.4) is 0 Å². The quantitative estimate of drug-likeness (QED) is 0.237. The first-order valence-corrected chi connectivity index (χ1v) is 8.78. The summed E-state index contributed by atoms with van der Waals surface area (Å²) < 4.78 is 5.15. The van der Waals surface area contributed by atoms with Gasteiger partial charge in [0.15, 0.2) is 5.96 Å². The van der Waals surface area contributed by atoms with Crippen molar-refractivity contribution in [3.63, 3.8) is 0 Å². The number of carbonyl (C=O) groups excluding carboxylic acids is 1. The molecule has 0 bridgehead atoms. The topological polar surface area (TPSA) is 88.7 Å². The molecule has 0 spiro atoms. The smallest absolute Gasteiger partial charge is 0.407 e. The SMILES string of the molecule is CC(C)(C)OC(=O)NCCCCN=C(N)NCCc1cccs1.I. The molecule has 1 aromatic heterocycles. The number of thiophene rings is 1. The van der Waals surface area contributed by atoms with E-state index in [0.29, 0.717) is 19.0 Å². The number of halogens is 1. The number of nitrogens with one attached hydrogen (secondary N) is 2. The molecule has 0 atom stereocenters. The summed E-state index contributed by atoms with van der Waals surface area (Å²) in [4.78, 5) is 17.0. The molecule has 24 heavy (non-hydrogen) atoms. The second-order valence-corrected chi connectivity index (χ2v) is 7.19. The van der Waals surface area contributed by atoms with Crippen molar-refractivity contribution in [2.75, 3.05) is 19.6 Å². The van der Waals surface area contributed by atoms with Crippen LogP contribution in [0.5, 0.6) is 0 Å². The Hall–Kier alpha value is -1.03. The number of alkyl carbamates (subject to hydrolysis) is 1. The van der Waals surface area contributed by atoms with Crippen LogP contribution in [-0.2, 0) is 11.2 Å². The second-order valence-electron chi connectivity index (χ2n) is 6.16. The molecule has 0 fully saturated rings. The largest absolute Gasteiger partial charge is 0.444 e. The zero-order valence-corrected chi connectivity index (χ0v) is 17.8.